The third-order valence-electron chi connectivity index (χ3n) is 3.85. The molecule has 1 aromatic rings. The molecule has 1 aromatic carbocycles. The van der Waals surface area contributed by atoms with Crippen molar-refractivity contribution in [1.29, 1.82) is 0 Å². The fraction of sp³-hybridized carbons (Fsp3) is 0.500. The Balaban J connectivity index is 1.75. The van der Waals surface area contributed by atoms with E-state index in [1.165, 1.54) is 12.1 Å². The van der Waals surface area contributed by atoms with Gasteiger partial charge in [-0.15, -0.1) is 0 Å². The Kier molecular flexibility index (Phi) is 5.35. The van der Waals surface area contributed by atoms with Crippen LogP contribution in [0.25, 0.3) is 0 Å². The highest BCUT2D eigenvalue weighted by atomic mass is 19.1. The molecule has 1 amide bonds. The number of carboxylic acids is 1. The predicted octanol–water partition coefficient (Wildman–Crippen LogP) is 2.21. The van der Waals surface area contributed by atoms with Crippen LogP contribution in [0.15, 0.2) is 24.3 Å². The van der Waals surface area contributed by atoms with Gasteiger partial charge in [0, 0.05) is 12.0 Å². The average molecular weight is 309 g/mol. The van der Waals surface area contributed by atoms with Crippen LogP contribution in [0, 0.1) is 17.7 Å². The molecule has 2 rings (SSSR count). The molecular formula is C16H20FNO4. The van der Waals surface area contributed by atoms with Gasteiger partial charge in [0.1, 0.15) is 17.7 Å². The highest BCUT2D eigenvalue weighted by Gasteiger charge is 2.33. The Morgan fingerprint density at radius 1 is 1.41 bits per heavy atom. The van der Waals surface area contributed by atoms with Crippen LogP contribution in [0.5, 0.6) is 5.75 Å². The van der Waals surface area contributed by atoms with Gasteiger partial charge in [-0.05, 0) is 38.3 Å². The lowest BCUT2D eigenvalue weighted by atomic mass is 10.0. The van der Waals surface area contributed by atoms with Gasteiger partial charge < -0.3 is 15.2 Å². The van der Waals surface area contributed by atoms with Gasteiger partial charge in [-0.3, -0.25) is 9.59 Å². The molecule has 0 spiro atoms. The van der Waals surface area contributed by atoms with E-state index in [9.17, 15) is 14.0 Å². The van der Waals surface area contributed by atoms with E-state index in [1.54, 1.807) is 19.1 Å². The summed E-state index contributed by atoms with van der Waals surface area (Å²) in [5, 5.41) is 11.7. The molecule has 1 unspecified atom stereocenters. The van der Waals surface area contributed by atoms with Crippen LogP contribution in [-0.4, -0.2) is 29.6 Å². The first-order valence-corrected chi connectivity index (χ1v) is 7.38. The molecule has 22 heavy (non-hydrogen) atoms. The lowest BCUT2D eigenvalue weighted by Crippen LogP contribution is -2.36. The van der Waals surface area contributed by atoms with Crippen LogP contribution in [0.3, 0.4) is 0 Å². The third-order valence-corrected chi connectivity index (χ3v) is 3.85. The van der Waals surface area contributed by atoms with Crippen LogP contribution in [-0.2, 0) is 9.59 Å². The van der Waals surface area contributed by atoms with Crippen molar-refractivity contribution in [2.75, 3.05) is 6.54 Å². The second-order valence-corrected chi connectivity index (χ2v) is 5.68. The van der Waals surface area contributed by atoms with Gasteiger partial charge in [0.25, 0.3) is 0 Å². The van der Waals surface area contributed by atoms with Crippen LogP contribution in [0.1, 0.15) is 26.2 Å². The molecule has 5 nitrogen and oxygen atoms in total. The van der Waals surface area contributed by atoms with E-state index in [2.05, 4.69) is 5.32 Å². The maximum atomic E-state index is 13.0. The predicted molar refractivity (Wildman–Crippen MR) is 78.0 cm³/mol. The first kappa shape index (κ1) is 16.3. The van der Waals surface area contributed by atoms with Gasteiger partial charge in [-0.25, -0.2) is 4.39 Å². The highest BCUT2D eigenvalue weighted by molar-refractivity contribution is 5.80. The molecular weight excluding hydrogens is 289 g/mol. The fourth-order valence-electron chi connectivity index (χ4n) is 2.65. The number of carboxylic acid groups (broad SMARTS) is 1. The van der Waals surface area contributed by atoms with Gasteiger partial charge in [0.2, 0.25) is 5.91 Å². The van der Waals surface area contributed by atoms with Crippen LogP contribution in [0.2, 0.25) is 0 Å². The zero-order valence-electron chi connectivity index (χ0n) is 12.4. The van der Waals surface area contributed by atoms with Crippen molar-refractivity contribution in [3.05, 3.63) is 30.1 Å². The number of hydrogen-bond acceptors (Lipinski definition) is 3. The maximum Gasteiger partial charge on any atom is 0.306 e. The SMILES string of the molecule is CC(CNC(=O)[C@@H]1CC[C@H](C(=O)O)C1)Oc1cccc(F)c1. The third kappa shape index (κ3) is 4.44. The van der Waals surface area contributed by atoms with Crippen LogP contribution < -0.4 is 10.1 Å². The normalized spacial score (nSPS) is 22.1. The number of carbonyl (C=O) groups excluding carboxylic acids is 1. The summed E-state index contributed by atoms with van der Waals surface area (Å²) in [6, 6.07) is 5.82. The number of hydrogen-bond donors (Lipinski definition) is 2. The van der Waals surface area contributed by atoms with Gasteiger partial charge in [-0.1, -0.05) is 6.07 Å². The van der Waals surface area contributed by atoms with Crippen molar-refractivity contribution in [2.45, 2.75) is 32.3 Å². The number of carbonyl (C=O) groups is 2. The largest absolute Gasteiger partial charge is 0.489 e. The van der Waals surface area contributed by atoms with Crippen molar-refractivity contribution >= 4 is 11.9 Å². The van der Waals surface area contributed by atoms with Gasteiger partial charge in [0.15, 0.2) is 0 Å². The minimum atomic E-state index is -0.835. The maximum absolute atomic E-state index is 13.0. The monoisotopic (exact) mass is 309 g/mol. The van der Waals surface area contributed by atoms with Crippen molar-refractivity contribution in [1.82, 2.24) is 5.32 Å². The molecule has 1 saturated carbocycles. The molecule has 3 atom stereocenters. The molecule has 1 aliphatic rings. The topological polar surface area (TPSA) is 75.6 Å². The standard InChI is InChI=1S/C16H20FNO4/c1-10(22-14-4-2-3-13(17)8-14)9-18-15(19)11-5-6-12(7-11)16(20)21/h2-4,8,10-12H,5-7,9H2,1H3,(H,18,19)(H,20,21)/t10?,11-,12+/m1/s1. The Bertz CT molecular complexity index is 549. The van der Waals surface area contributed by atoms with Crippen LogP contribution >= 0.6 is 0 Å². The zero-order chi connectivity index (χ0) is 16.1. The summed E-state index contributed by atoms with van der Waals surface area (Å²) in [5.41, 5.74) is 0. The quantitative estimate of drug-likeness (QED) is 0.845. The number of benzene rings is 1. The lowest BCUT2D eigenvalue weighted by molar-refractivity contribution is -0.141. The van der Waals surface area contributed by atoms with E-state index in [-0.39, 0.29) is 23.7 Å². The molecule has 0 bridgehead atoms. The average Bonchev–Trinajstić information content (AvgIpc) is 2.95. The number of rotatable bonds is 6. The molecule has 1 fully saturated rings. The fourth-order valence-corrected chi connectivity index (χ4v) is 2.65. The van der Waals surface area contributed by atoms with Gasteiger partial charge in [-0.2, -0.15) is 0 Å². The van der Waals surface area contributed by atoms with E-state index in [0.29, 0.717) is 31.6 Å². The van der Waals surface area contributed by atoms with Crippen LogP contribution in [0.4, 0.5) is 4.39 Å². The Hall–Kier alpha value is -2.11. The Morgan fingerprint density at radius 2 is 2.14 bits per heavy atom. The van der Waals surface area contributed by atoms with Crippen molar-refractivity contribution < 1.29 is 23.8 Å². The van der Waals surface area contributed by atoms with E-state index in [1.807, 2.05) is 0 Å². The van der Waals surface area contributed by atoms with E-state index in [4.69, 9.17) is 9.84 Å². The molecule has 0 radical (unpaired) electrons. The molecule has 0 aliphatic heterocycles. The number of ether oxygens (including phenoxy) is 1. The number of nitrogens with one attached hydrogen (secondary N) is 1. The molecule has 1 aliphatic carbocycles. The van der Waals surface area contributed by atoms with Crippen molar-refractivity contribution in [2.24, 2.45) is 11.8 Å². The minimum Gasteiger partial charge on any atom is -0.489 e. The molecule has 0 aromatic heterocycles. The summed E-state index contributed by atoms with van der Waals surface area (Å²) in [6.07, 6.45) is 1.23. The van der Waals surface area contributed by atoms with Gasteiger partial charge >= 0.3 is 5.97 Å². The second-order valence-electron chi connectivity index (χ2n) is 5.68. The van der Waals surface area contributed by atoms with Crippen molar-refractivity contribution in [3.8, 4) is 5.75 Å². The summed E-state index contributed by atoms with van der Waals surface area (Å²) in [6.45, 7) is 2.07. The van der Waals surface area contributed by atoms with Crippen molar-refractivity contribution in [3.63, 3.8) is 0 Å². The molecule has 2 N–H and O–H groups in total. The Morgan fingerprint density at radius 3 is 2.77 bits per heavy atom. The van der Waals surface area contributed by atoms with E-state index in [0.717, 1.165) is 0 Å². The number of halogens is 1. The van der Waals surface area contributed by atoms with E-state index >= 15 is 0 Å². The molecule has 0 saturated heterocycles. The smallest absolute Gasteiger partial charge is 0.306 e. The summed E-state index contributed by atoms with van der Waals surface area (Å²) in [7, 11) is 0. The second kappa shape index (κ2) is 7.24. The number of aliphatic carboxylic acids is 1. The summed E-state index contributed by atoms with van der Waals surface area (Å²) < 4.78 is 18.6. The summed E-state index contributed by atoms with van der Waals surface area (Å²) in [5.74, 6) is -1.61. The molecule has 120 valence electrons. The Labute approximate surface area is 128 Å². The van der Waals surface area contributed by atoms with E-state index < -0.39 is 11.9 Å². The first-order chi connectivity index (χ1) is 10.5. The number of amides is 1. The lowest BCUT2D eigenvalue weighted by Gasteiger charge is -2.17. The molecule has 6 heteroatoms. The summed E-state index contributed by atoms with van der Waals surface area (Å²) >= 11 is 0. The summed E-state index contributed by atoms with van der Waals surface area (Å²) in [4.78, 5) is 22.9. The first-order valence-electron chi connectivity index (χ1n) is 7.38. The highest BCUT2D eigenvalue weighted by Crippen LogP contribution is 2.31. The van der Waals surface area contributed by atoms with Gasteiger partial charge in [0.05, 0.1) is 12.5 Å². The molecule has 0 heterocycles. The zero-order valence-corrected chi connectivity index (χ0v) is 12.4. The minimum absolute atomic E-state index is 0.140.